The minimum absolute atomic E-state index is 0.0841. The summed E-state index contributed by atoms with van der Waals surface area (Å²) in [5.74, 6) is -0.579. The molecule has 0 saturated heterocycles. The molecule has 1 aromatic heterocycles. The highest BCUT2D eigenvalue weighted by atomic mass is 127. The third kappa shape index (κ3) is 4.50. The monoisotopic (exact) mass is 491 g/mol. The number of fused-ring (bicyclic) bond motifs is 1. The van der Waals surface area contributed by atoms with E-state index in [-0.39, 0.29) is 30.2 Å². The Labute approximate surface area is 174 Å². The van der Waals surface area contributed by atoms with Crippen LogP contribution < -0.4 is 11.3 Å². The van der Waals surface area contributed by atoms with Crippen LogP contribution in [0, 0.1) is 3.57 Å². The Kier molecular flexibility index (Phi) is 5.98. The van der Waals surface area contributed by atoms with Crippen LogP contribution in [0.1, 0.15) is 23.1 Å². The van der Waals surface area contributed by atoms with E-state index in [2.05, 4.69) is 32.6 Å². The second-order valence-corrected chi connectivity index (χ2v) is 7.55. The molecule has 0 atom stereocenters. The fourth-order valence-electron chi connectivity index (χ4n) is 2.86. The highest BCUT2D eigenvalue weighted by Crippen LogP contribution is 2.24. The number of nitrogens with two attached hydrogens (primary N) is 1. The van der Waals surface area contributed by atoms with Crippen molar-refractivity contribution in [3.8, 4) is 11.6 Å². The van der Waals surface area contributed by atoms with Crippen LogP contribution in [0.5, 0.6) is 11.6 Å². The van der Waals surface area contributed by atoms with Gasteiger partial charge in [0, 0.05) is 27.0 Å². The maximum Gasteiger partial charge on any atom is 0.258 e. The number of aromatic hydroxyl groups is 2. The SMILES string of the molecule is NC(=O)CCc1ccc(CN=Cc2c(O)[nH]c(=O)c3ccc(I)cc23)cc1O. The number of amides is 1. The molecule has 0 spiro atoms. The van der Waals surface area contributed by atoms with Gasteiger partial charge in [-0.25, -0.2) is 0 Å². The Balaban J connectivity index is 1.84. The maximum atomic E-state index is 12.0. The van der Waals surface area contributed by atoms with E-state index in [1.54, 1.807) is 24.3 Å². The van der Waals surface area contributed by atoms with E-state index in [1.807, 2.05) is 12.1 Å². The van der Waals surface area contributed by atoms with Crippen molar-refractivity contribution in [2.24, 2.45) is 10.7 Å². The average Bonchev–Trinajstić information content (AvgIpc) is 2.63. The van der Waals surface area contributed by atoms with Crippen LogP contribution in [0.2, 0.25) is 0 Å². The number of aliphatic imine (C=N–C) groups is 1. The van der Waals surface area contributed by atoms with Crippen LogP contribution in [0.4, 0.5) is 0 Å². The molecular formula is C20H18IN3O4. The molecule has 1 amide bonds. The molecule has 0 unspecified atom stereocenters. The fourth-order valence-corrected chi connectivity index (χ4v) is 3.35. The Bertz CT molecular complexity index is 1140. The summed E-state index contributed by atoms with van der Waals surface area (Å²) in [4.78, 5) is 29.6. The van der Waals surface area contributed by atoms with Crippen LogP contribution in [-0.4, -0.2) is 27.3 Å². The summed E-state index contributed by atoms with van der Waals surface area (Å²) in [5, 5.41) is 21.3. The van der Waals surface area contributed by atoms with E-state index in [4.69, 9.17) is 5.73 Å². The Morgan fingerprint density at radius 1 is 1.18 bits per heavy atom. The lowest BCUT2D eigenvalue weighted by Gasteiger charge is -2.06. The third-order valence-electron chi connectivity index (χ3n) is 4.29. The molecule has 8 heteroatoms. The lowest BCUT2D eigenvalue weighted by atomic mass is 10.1. The number of H-pyrrole nitrogens is 1. The summed E-state index contributed by atoms with van der Waals surface area (Å²) >= 11 is 2.14. The summed E-state index contributed by atoms with van der Waals surface area (Å²) in [7, 11) is 0. The molecule has 0 aliphatic carbocycles. The van der Waals surface area contributed by atoms with Gasteiger partial charge in [0.15, 0.2) is 0 Å². The molecule has 0 aliphatic heterocycles. The minimum Gasteiger partial charge on any atom is -0.508 e. The van der Waals surface area contributed by atoms with E-state index < -0.39 is 5.91 Å². The van der Waals surface area contributed by atoms with Crippen molar-refractivity contribution in [3.63, 3.8) is 0 Å². The zero-order valence-electron chi connectivity index (χ0n) is 14.8. The van der Waals surface area contributed by atoms with Crippen molar-refractivity contribution in [1.82, 2.24) is 4.98 Å². The normalized spacial score (nSPS) is 11.3. The number of nitrogens with zero attached hydrogens (tertiary/aromatic N) is 1. The Morgan fingerprint density at radius 2 is 1.96 bits per heavy atom. The number of carbonyl (C=O) groups excluding carboxylic acids is 1. The molecular weight excluding hydrogens is 473 g/mol. The number of carbonyl (C=O) groups is 1. The van der Waals surface area contributed by atoms with E-state index in [0.29, 0.717) is 28.3 Å². The number of benzene rings is 2. The topological polar surface area (TPSA) is 129 Å². The zero-order chi connectivity index (χ0) is 20.3. The molecule has 3 aromatic rings. The van der Waals surface area contributed by atoms with Gasteiger partial charge in [0.2, 0.25) is 11.8 Å². The van der Waals surface area contributed by atoms with Gasteiger partial charge >= 0.3 is 0 Å². The molecule has 7 nitrogen and oxygen atoms in total. The average molecular weight is 491 g/mol. The van der Waals surface area contributed by atoms with Crippen LogP contribution in [0.3, 0.4) is 0 Å². The van der Waals surface area contributed by atoms with E-state index in [9.17, 15) is 19.8 Å². The molecule has 0 radical (unpaired) electrons. The highest BCUT2D eigenvalue weighted by Gasteiger charge is 2.10. The molecule has 144 valence electrons. The summed E-state index contributed by atoms with van der Waals surface area (Å²) in [6, 6.07) is 10.5. The first-order valence-corrected chi connectivity index (χ1v) is 9.56. The smallest absolute Gasteiger partial charge is 0.258 e. The number of aromatic nitrogens is 1. The molecule has 0 fully saturated rings. The summed E-state index contributed by atoms with van der Waals surface area (Å²) in [6.45, 7) is 0.271. The lowest BCUT2D eigenvalue weighted by Crippen LogP contribution is -2.11. The first kappa shape index (κ1) is 19.9. The quantitative estimate of drug-likeness (QED) is 0.312. The van der Waals surface area contributed by atoms with Crippen molar-refractivity contribution in [2.45, 2.75) is 19.4 Å². The van der Waals surface area contributed by atoms with Gasteiger partial charge in [-0.05, 0) is 64.4 Å². The Hall–Kier alpha value is -2.88. The van der Waals surface area contributed by atoms with Gasteiger partial charge in [-0.1, -0.05) is 12.1 Å². The number of primary amides is 1. The highest BCUT2D eigenvalue weighted by molar-refractivity contribution is 14.1. The van der Waals surface area contributed by atoms with Crippen molar-refractivity contribution in [2.75, 3.05) is 0 Å². The second kappa shape index (κ2) is 8.42. The largest absolute Gasteiger partial charge is 0.508 e. The number of phenols is 1. The van der Waals surface area contributed by atoms with Gasteiger partial charge in [-0.2, -0.15) is 0 Å². The predicted octanol–water partition coefficient (Wildman–Crippen LogP) is 2.58. The molecule has 0 saturated carbocycles. The first-order valence-electron chi connectivity index (χ1n) is 8.48. The van der Waals surface area contributed by atoms with Crippen LogP contribution >= 0.6 is 22.6 Å². The number of rotatable bonds is 6. The minimum atomic E-state index is -0.421. The van der Waals surface area contributed by atoms with Crippen molar-refractivity contribution < 1.29 is 15.0 Å². The first-order chi connectivity index (χ1) is 13.3. The number of hydrogen-bond acceptors (Lipinski definition) is 5. The lowest BCUT2D eigenvalue weighted by molar-refractivity contribution is -0.117. The molecule has 2 aromatic carbocycles. The maximum absolute atomic E-state index is 12.0. The van der Waals surface area contributed by atoms with E-state index >= 15 is 0 Å². The number of nitrogens with one attached hydrogen (secondary N) is 1. The van der Waals surface area contributed by atoms with Gasteiger partial charge in [0.05, 0.1) is 12.1 Å². The number of phenolic OH excluding ortho intramolecular Hbond substituents is 1. The van der Waals surface area contributed by atoms with Gasteiger partial charge in [-0.3, -0.25) is 19.6 Å². The van der Waals surface area contributed by atoms with Gasteiger partial charge in [0.1, 0.15) is 5.75 Å². The number of aromatic amines is 1. The molecule has 28 heavy (non-hydrogen) atoms. The zero-order valence-corrected chi connectivity index (χ0v) is 16.9. The van der Waals surface area contributed by atoms with Gasteiger partial charge < -0.3 is 15.9 Å². The summed E-state index contributed by atoms with van der Waals surface area (Å²) < 4.78 is 0.932. The van der Waals surface area contributed by atoms with Crippen molar-refractivity contribution in [3.05, 3.63) is 67.0 Å². The molecule has 1 heterocycles. The fraction of sp³-hybridized carbons (Fsp3) is 0.150. The third-order valence-corrected chi connectivity index (χ3v) is 4.96. The molecule has 0 bridgehead atoms. The number of halogens is 1. The van der Waals surface area contributed by atoms with Gasteiger partial charge in [0.25, 0.3) is 5.56 Å². The van der Waals surface area contributed by atoms with Crippen LogP contribution in [0.25, 0.3) is 10.8 Å². The molecule has 5 N–H and O–H groups in total. The van der Waals surface area contributed by atoms with Crippen molar-refractivity contribution in [1.29, 1.82) is 0 Å². The Morgan fingerprint density at radius 3 is 2.68 bits per heavy atom. The summed E-state index contributed by atoms with van der Waals surface area (Å²) in [6.07, 6.45) is 2.05. The number of pyridine rings is 1. The van der Waals surface area contributed by atoms with Crippen LogP contribution in [-0.2, 0) is 17.8 Å². The predicted molar refractivity (Wildman–Crippen MR) is 116 cm³/mol. The second-order valence-electron chi connectivity index (χ2n) is 6.31. The molecule has 0 aliphatic rings. The van der Waals surface area contributed by atoms with Gasteiger partial charge in [-0.15, -0.1) is 0 Å². The summed E-state index contributed by atoms with van der Waals surface area (Å²) in [5.41, 5.74) is 6.60. The standard InChI is InChI=1S/C20H18IN3O4/c21-13-4-5-14-15(8-13)16(20(28)24-19(14)27)10-23-9-11-1-2-12(17(25)7-11)3-6-18(22)26/h1-2,4-5,7-8,10,25H,3,6,9H2,(H2,22,26)(H2,24,27,28). The van der Waals surface area contributed by atoms with E-state index in [0.717, 1.165) is 9.13 Å². The number of hydrogen-bond donors (Lipinski definition) is 4. The van der Waals surface area contributed by atoms with Crippen molar-refractivity contribution >= 4 is 45.5 Å². The molecule has 3 rings (SSSR count). The van der Waals surface area contributed by atoms with E-state index in [1.165, 1.54) is 6.21 Å². The van der Waals surface area contributed by atoms with Crippen LogP contribution in [0.15, 0.2) is 46.2 Å². The number of aryl methyl sites for hydroxylation is 1.